The first kappa shape index (κ1) is 30.1. The van der Waals surface area contributed by atoms with Crippen molar-refractivity contribution < 1.29 is 34.2 Å². The summed E-state index contributed by atoms with van der Waals surface area (Å²) in [7, 11) is 0. The highest BCUT2D eigenvalue weighted by Crippen LogP contribution is 2.41. The molecule has 0 saturated carbocycles. The first-order chi connectivity index (χ1) is 19.3. The molecule has 20 heteroatoms. The number of aliphatic carboxylic acids is 2. The maximum absolute atomic E-state index is 13.1. The van der Waals surface area contributed by atoms with E-state index in [4.69, 9.17) is 33.0 Å². The van der Waals surface area contributed by atoms with Crippen LogP contribution in [0, 0.1) is 0 Å². The average molecular weight is 627 g/mol. The fraction of sp³-hybridized carbons (Fsp3) is 0.381. The quantitative estimate of drug-likeness (QED) is 0.0704. The average Bonchev–Trinajstić information content (AvgIpc) is 3.36. The summed E-state index contributed by atoms with van der Waals surface area (Å²) in [5.41, 5.74) is 18.0. The Morgan fingerprint density at radius 2 is 2.05 bits per heavy atom. The number of rotatable bonds is 9. The van der Waals surface area contributed by atoms with Crippen molar-refractivity contribution in [1.29, 1.82) is 0 Å². The first-order valence-corrected chi connectivity index (χ1v) is 14.6. The minimum atomic E-state index is -1.37. The molecule has 0 aromatic carbocycles. The van der Waals surface area contributed by atoms with Crippen LogP contribution in [-0.2, 0) is 24.0 Å². The second-order valence-corrected chi connectivity index (χ2v) is 11.8. The van der Waals surface area contributed by atoms with E-state index in [1.54, 1.807) is 6.92 Å². The van der Waals surface area contributed by atoms with Crippen LogP contribution in [0.4, 0.5) is 5.13 Å². The summed E-state index contributed by atoms with van der Waals surface area (Å²) < 4.78 is 0. The molecule has 4 rings (SSSR count). The molecule has 1 fully saturated rings. The van der Waals surface area contributed by atoms with E-state index in [1.165, 1.54) is 29.1 Å². The molecule has 41 heavy (non-hydrogen) atoms. The van der Waals surface area contributed by atoms with E-state index in [9.17, 15) is 24.3 Å². The number of carbonyl (C=O) groups excluding carboxylic acids is 2. The van der Waals surface area contributed by atoms with Crippen molar-refractivity contribution in [3.8, 4) is 0 Å². The number of aromatic nitrogens is 1. The number of hydrogen-bond acceptors (Lipinski definition) is 16. The normalized spacial score (nSPS) is 23.5. The van der Waals surface area contributed by atoms with Crippen molar-refractivity contribution in [2.24, 2.45) is 27.5 Å². The number of fused-ring (bicyclic) bond motifs is 1. The Morgan fingerprint density at radius 3 is 2.66 bits per heavy atom. The van der Waals surface area contributed by atoms with Gasteiger partial charge in [-0.25, -0.2) is 25.4 Å². The van der Waals surface area contributed by atoms with Crippen LogP contribution >= 0.6 is 34.9 Å². The molecule has 3 aliphatic heterocycles. The number of carboxylic acids is 2. The van der Waals surface area contributed by atoms with Crippen molar-refractivity contribution in [3.63, 3.8) is 0 Å². The lowest BCUT2D eigenvalue weighted by Gasteiger charge is -2.49. The molecule has 4 atom stereocenters. The third-order valence-corrected chi connectivity index (χ3v) is 9.19. The highest BCUT2D eigenvalue weighted by Gasteiger charge is 2.54. The van der Waals surface area contributed by atoms with Gasteiger partial charge in [-0.2, -0.15) is 0 Å². The Balaban J connectivity index is 1.50. The Labute approximate surface area is 244 Å². The molecule has 17 nitrogen and oxygen atoms in total. The molecular formula is C21H26N10O7S3. The van der Waals surface area contributed by atoms with Gasteiger partial charge in [0.15, 0.2) is 16.0 Å². The summed E-state index contributed by atoms with van der Waals surface area (Å²) >= 11 is 3.38. The number of hydrogen-bond donors (Lipinski definition) is 7. The lowest BCUT2D eigenvalue weighted by Crippen LogP contribution is -2.71. The van der Waals surface area contributed by atoms with E-state index in [-0.39, 0.29) is 33.8 Å². The monoisotopic (exact) mass is 626 g/mol. The number of carbonyl (C=O) groups is 4. The van der Waals surface area contributed by atoms with Gasteiger partial charge in [-0.3, -0.25) is 19.5 Å². The summed E-state index contributed by atoms with van der Waals surface area (Å²) in [4.78, 5) is 63.7. The number of anilines is 1. The zero-order chi connectivity index (χ0) is 30.2. The van der Waals surface area contributed by atoms with Crippen LogP contribution in [0.25, 0.3) is 0 Å². The number of hydrazine groups is 1. The molecule has 11 N–H and O–H groups in total. The van der Waals surface area contributed by atoms with Crippen molar-refractivity contribution in [2.75, 3.05) is 17.2 Å². The first-order valence-electron chi connectivity index (χ1n) is 11.7. The number of thioether (sulfide) groups is 2. The molecule has 4 heterocycles. The van der Waals surface area contributed by atoms with Crippen LogP contribution in [0.1, 0.15) is 19.5 Å². The molecule has 0 aliphatic carbocycles. The molecule has 2 unspecified atom stereocenters. The van der Waals surface area contributed by atoms with E-state index in [1.807, 2.05) is 0 Å². The van der Waals surface area contributed by atoms with Crippen LogP contribution in [0.5, 0.6) is 0 Å². The number of amidine groups is 1. The van der Waals surface area contributed by atoms with Crippen molar-refractivity contribution in [1.82, 2.24) is 20.2 Å². The lowest BCUT2D eigenvalue weighted by molar-refractivity contribution is -0.150. The third kappa shape index (κ3) is 5.95. The summed E-state index contributed by atoms with van der Waals surface area (Å²) in [5.74, 6) is 2.42. The van der Waals surface area contributed by atoms with Gasteiger partial charge in [-0.05, 0) is 19.4 Å². The fourth-order valence-electron chi connectivity index (χ4n) is 3.77. The highest BCUT2D eigenvalue weighted by atomic mass is 32.2. The van der Waals surface area contributed by atoms with E-state index in [2.05, 4.69) is 20.4 Å². The van der Waals surface area contributed by atoms with Gasteiger partial charge >= 0.3 is 11.9 Å². The number of thiazole rings is 1. The summed E-state index contributed by atoms with van der Waals surface area (Å²) in [5, 5.41) is 27.5. The van der Waals surface area contributed by atoms with Crippen LogP contribution in [-0.4, -0.2) is 94.9 Å². The van der Waals surface area contributed by atoms with E-state index in [0.29, 0.717) is 16.3 Å². The number of nitrogens with one attached hydrogen (secondary N) is 1. The van der Waals surface area contributed by atoms with Crippen LogP contribution in [0.2, 0.25) is 0 Å². The Hall–Kier alpha value is -3.85. The third-order valence-electron chi connectivity index (χ3n) is 6.13. The maximum Gasteiger partial charge on any atom is 0.352 e. The summed E-state index contributed by atoms with van der Waals surface area (Å²) in [6, 6.07) is -1.10. The Morgan fingerprint density at radius 1 is 1.34 bits per heavy atom. The number of oxime groups is 1. The predicted molar refractivity (Wildman–Crippen MR) is 152 cm³/mol. The minimum Gasteiger partial charge on any atom is -0.478 e. The van der Waals surface area contributed by atoms with E-state index >= 15 is 0 Å². The van der Waals surface area contributed by atoms with Crippen LogP contribution in [0.3, 0.4) is 0 Å². The molecule has 0 radical (unpaired) electrons. The Kier molecular flexibility index (Phi) is 8.77. The molecule has 0 spiro atoms. The minimum absolute atomic E-state index is 0.0120. The molecule has 220 valence electrons. The molecule has 3 aliphatic rings. The van der Waals surface area contributed by atoms with Gasteiger partial charge < -0.3 is 37.6 Å². The second-order valence-electron chi connectivity index (χ2n) is 8.82. The van der Waals surface area contributed by atoms with Crippen LogP contribution in [0.15, 0.2) is 38.2 Å². The van der Waals surface area contributed by atoms with Crippen molar-refractivity contribution in [2.45, 2.75) is 37.5 Å². The second kappa shape index (κ2) is 11.9. The van der Waals surface area contributed by atoms with Crippen molar-refractivity contribution >= 4 is 74.6 Å². The molecular weight excluding hydrogens is 600 g/mol. The number of nitrogens with two attached hydrogens (primary N) is 4. The largest absolute Gasteiger partial charge is 0.478 e. The van der Waals surface area contributed by atoms with Gasteiger partial charge in [0.1, 0.15) is 34.8 Å². The SMILES string of the molecule is CC1=C(N)N=C(SCC2=C(C(=O)O)N3C(=O)C(NC(=O)/C(=N\O[C@H](C)C(=O)O)c4csc(N)n4)[C@@H]3SC2)N(N)C1N. The molecule has 1 aromatic rings. The smallest absolute Gasteiger partial charge is 0.352 e. The summed E-state index contributed by atoms with van der Waals surface area (Å²) in [6.45, 7) is 2.91. The molecule has 0 bridgehead atoms. The maximum atomic E-state index is 13.1. The molecule has 1 saturated heterocycles. The number of amides is 2. The van der Waals surface area contributed by atoms with Crippen LogP contribution < -0.4 is 28.4 Å². The van der Waals surface area contributed by atoms with E-state index < -0.39 is 53.2 Å². The van der Waals surface area contributed by atoms with Gasteiger partial charge in [0.2, 0.25) is 6.10 Å². The standard InChI is InChI=1S/C21H26N10O7S3/c1-6-13(22)28-21(31(25)14(6)23)41-4-8-3-39-17-11(16(33)30(17)12(8)19(36)37)27-15(32)10(9-5-40-20(24)26-9)29-38-7(2)18(34)35/h5,7,11,14,17H,3-4,22-23,25H2,1-2H3,(H2,24,26)(H,27,32)(H,34,35)(H,36,37)/b29-10-/t7-,11?,14?,17+/m1/s1. The Bertz CT molecular complexity index is 1420. The van der Waals surface area contributed by atoms with Gasteiger partial charge in [-0.1, -0.05) is 16.9 Å². The number of nitrogen functional groups attached to an aromatic ring is 1. The number of carboxylic acid groups (broad SMARTS) is 2. The molecule has 2 amide bonds. The van der Waals surface area contributed by atoms with Gasteiger partial charge in [0.05, 0.1) is 0 Å². The highest BCUT2D eigenvalue weighted by molar-refractivity contribution is 8.14. The van der Waals surface area contributed by atoms with E-state index in [0.717, 1.165) is 28.0 Å². The molecule has 1 aromatic heterocycles. The predicted octanol–water partition coefficient (Wildman–Crippen LogP) is -1.59. The zero-order valence-corrected chi connectivity index (χ0v) is 24.0. The lowest BCUT2D eigenvalue weighted by atomic mass is 10.0. The topological polar surface area (TPSA) is 278 Å². The fourth-order valence-corrected chi connectivity index (χ4v) is 6.76. The van der Waals surface area contributed by atoms with Crippen molar-refractivity contribution in [3.05, 3.63) is 33.7 Å². The summed E-state index contributed by atoms with van der Waals surface area (Å²) in [6.07, 6.45) is -2.07. The van der Waals surface area contributed by atoms with Gasteiger partial charge in [0, 0.05) is 22.5 Å². The number of nitrogens with zero attached hydrogens (tertiary/aromatic N) is 5. The number of aliphatic imine (C=N–C) groups is 1. The number of β-lactam (4-membered cyclic amide) rings is 1. The zero-order valence-electron chi connectivity index (χ0n) is 21.5. The van der Waals surface area contributed by atoms with Gasteiger partial charge in [-0.15, -0.1) is 23.1 Å². The van der Waals surface area contributed by atoms with Gasteiger partial charge in [0.25, 0.3) is 11.8 Å².